The summed E-state index contributed by atoms with van der Waals surface area (Å²) in [6, 6.07) is 4.22. The van der Waals surface area contributed by atoms with Gasteiger partial charge in [0.1, 0.15) is 9.52 Å². The Labute approximate surface area is 79.6 Å². The first kappa shape index (κ1) is 7.34. The van der Waals surface area contributed by atoms with Crippen LogP contribution in [0.3, 0.4) is 0 Å². The zero-order valence-corrected chi connectivity index (χ0v) is 8.26. The molecule has 0 radical (unpaired) electrons. The monoisotopic (exact) mass is 260 g/mol. The van der Waals surface area contributed by atoms with Crippen LogP contribution in [-0.4, -0.2) is 11.5 Å². The Bertz CT molecular complexity index is 273. The maximum Gasteiger partial charge on any atom is 0.130 e. The molecule has 1 aliphatic heterocycles. The highest BCUT2D eigenvalue weighted by Crippen LogP contribution is 2.19. The highest BCUT2D eigenvalue weighted by Gasteiger charge is 2.08. The number of rotatable bonds is 0. The van der Waals surface area contributed by atoms with Crippen molar-refractivity contribution >= 4 is 28.4 Å². The summed E-state index contributed by atoms with van der Waals surface area (Å²) in [6.07, 6.45) is 2.40. The van der Waals surface area contributed by atoms with Crippen LogP contribution in [0.15, 0.2) is 12.1 Å². The van der Waals surface area contributed by atoms with Gasteiger partial charge in [-0.1, -0.05) is 6.07 Å². The van der Waals surface area contributed by atoms with E-state index in [1.54, 1.807) is 0 Å². The number of hydrogen-bond acceptors (Lipinski definition) is 2. The lowest BCUT2D eigenvalue weighted by molar-refractivity contribution is 0.816. The van der Waals surface area contributed by atoms with Gasteiger partial charge in [-0.3, -0.25) is 0 Å². The first-order chi connectivity index (χ1) is 5.36. The number of anilines is 1. The Morgan fingerprint density at radius 1 is 1.45 bits per heavy atom. The van der Waals surface area contributed by atoms with Gasteiger partial charge < -0.3 is 5.32 Å². The van der Waals surface area contributed by atoms with E-state index in [4.69, 9.17) is 0 Å². The summed E-state index contributed by atoms with van der Waals surface area (Å²) in [5.74, 6) is 1.09. The van der Waals surface area contributed by atoms with Crippen molar-refractivity contribution in [1.29, 1.82) is 0 Å². The highest BCUT2D eigenvalue weighted by molar-refractivity contribution is 14.1. The van der Waals surface area contributed by atoms with Crippen molar-refractivity contribution in [2.45, 2.75) is 12.8 Å². The molecule has 0 unspecified atom stereocenters. The van der Waals surface area contributed by atoms with Crippen molar-refractivity contribution < 1.29 is 0 Å². The average Bonchev–Trinajstić information content (AvgIpc) is 2.04. The van der Waals surface area contributed by atoms with E-state index >= 15 is 0 Å². The van der Waals surface area contributed by atoms with Gasteiger partial charge in [0.25, 0.3) is 0 Å². The van der Waals surface area contributed by atoms with E-state index < -0.39 is 0 Å². The molecule has 1 aliphatic rings. The molecule has 2 rings (SSSR count). The summed E-state index contributed by atoms with van der Waals surface area (Å²) in [5, 5.41) is 3.29. The van der Waals surface area contributed by atoms with Crippen LogP contribution in [0.2, 0.25) is 0 Å². The Balaban J connectivity index is 2.43. The van der Waals surface area contributed by atoms with Crippen molar-refractivity contribution in [1.82, 2.24) is 4.98 Å². The molecule has 0 aromatic carbocycles. The van der Waals surface area contributed by atoms with Crippen molar-refractivity contribution in [2.24, 2.45) is 0 Å². The van der Waals surface area contributed by atoms with Crippen LogP contribution in [0, 0.1) is 3.70 Å². The van der Waals surface area contributed by atoms with E-state index in [-0.39, 0.29) is 0 Å². The molecule has 1 N–H and O–H groups in total. The molecular weight excluding hydrogens is 251 g/mol. The fraction of sp³-hybridized carbons (Fsp3) is 0.375. The lowest BCUT2D eigenvalue weighted by Crippen LogP contribution is -2.13. The molecule has 0 saturated heterocycles. The molecule has 58 valence electrons. The summed E-state index contributed by atoms with van der Waals surface area (Å²) in [4.78, 5) is 4.39. The molecule has 2 heterocycles. The van der Waals surface area contributed by atoms with Crippen molar-refractivity contribution in [2.75, 3.05) is 11.9 Å². The molecule has 3 heteroatoms. The molecule has 0 spiro atoms. The normalized spacial score (nSPS) is 15.4. The van der Waals surface area contributed by atoms with E-state index in [1.807, 2.05) is 0 Å². The third kappa shape index (κ3) is 1.47. The van der Waals surface area contributed by atoms with Gasteiger partial charge >= 0.3 is 0 Å². The van der Waals surface area contributed by atoms with Gasteiger partial charge in [-0.25, -0.2) is 4.98 Å². The molecule has 0 aliphatic carbocycles. The third-order valence-electron chi connectivity index (χ3n) is 1.86. The summed E-state index contributed by atoms with van der Waals surface area (Å²) in [5.41, 5.74) is 1.36. The quantitative estimate of drug-likeness (QED) is 0.570. The number of pyridine rings is 1. The maximum atomic E-state index is 4.39. The van der Waals surface area contributed by atoms with Gasteiger partial charge in [0, 0.05) is 6.54 Å². The highest BCUT2D eigenvalue weighted by atomic mass is 127. The molecular formula is C8H9IN2. The third-order valence-corrected chi connectivity index (χ3v) is 2.46. The van der Waals surface area contributed by atoms with Crippen LogP contribution in [0.25, 0.3) is 0 Å². The molecule has 11 heavy (non-hydrogen) atoms. The van der Waals surface area contributed by atoms with Gasteiger partial charge in [-0.15, -0.1) is 0 Å². The van der Waals surface area contributed by atoms with Gasteiger partial charge in [0.15, 0.2) is 0 Å². The van der Waals surface area contributed by atoms with Crippen LogP contribution >= 0.6 is 22.6 Å². The largest absolute Gasteiger partial charge is 0.370 e. The average molecular weight is 260 g/mol. The lowest BCUT2D eigenvalue weighted by atomic mass is 10.1. The maximum absolute atomic E-state index is 4.39. The Morgan fingerprint density at radius 3 is 3.27 bits per heavy atom. The number of halogens is 1. The summed E-state index contributed by atoms with van der Waals surface area (Å²) >= 11 is 2.23. The topological polar surface area (TPSA) is 24.9 Å². The standard InChI is InChI=1S/C8H9IN2/c9-7-4-3-6-2-1-5-10-8(6)11-7/h3-4H,1-2,5H2,(H,10,11). The van der Waals surface area contributed by atoms with Crippen LogP contribution in [0.4, 0.5) is 5.82 Å². The van der Waals surface area contributed by atoms with Crippen LogP contribution in [0.5, 0.6) is 0 Å². The minimum atomic E-state index is 1.07. The Morgan fingerprint density at radius 2 is 2.36 bits per heavy atom. The Kier molecular flexibility index (Phi) is 1.98. The van der Waals surface area contributed by atoms with E-state index in [2.05, 4.69) is 45.0 Å². The van der Waals surface area contributed by atoms with Crippen LogP contribution in [0.1, 0.15) is 12.0 Å². The van der Waals surface area contributed by atoms with Gasteiger partial charge in [-0.05, 0) is 47.1 Å². The second-order valence-corrected chi connectivity index (χ2v) is 3.78. The van der Waals surface area contributed by atoms with Crippen molar-refractivity contribution in [3.63, 3.8) is 0 Å². The number of nitrogens with zero attached hydrogens (tertiary/aromatic N) is 1. The smallest absolute Gasteiger partial charge is 0.130 e. The zero-order chi connectivity index (χ0) is 7.68. The van der Waals surface area contributed by atoms with E-state index in [1.165, 1.54) is 18.4 Å². The van der Waals surface area contributed by atoms with Gasteiger partial charge in [-0.2, -0.15) is 0 Å². The first-order valence-electron chi connectivity index (χ1n) is 3.75. The second-order valence-electron chi connectivity index (χ2n) is 2.67. The summed E-state index contributed by atoms with van der Waals surface area (Å²) < 4.78 is 1.07. The van der Waals surface area contributed by atoms with Crippen molar-refractivity contribution in [3.05, 3.63) is 21.4 Å². The molecule has 0 fully saturated rings. The molecule has 0 saturated carbocycles. The fourth-order valence-electron chi connectivity index (χ4n) is 1.30. The van der Waals surface area contributed by atoms with Crippen LogP contribution < -0.4 is 5.32 Å². The number of fused-ring (bicyclic) bond motifs is 1. The SMILES string of the molecule is Ic1ccc2c(n1)NCCC2. The number of hydrogen-bond donors (Lipinski definition) is 1. The summed E-state index contributed by atoms with van der Waals surface area (Å²) in [7, 11) is 0. The van der Waals surface area contributed by atoms with E-state index in [9.17, 15) is 0 Å². The lowest BCUT2D eigenvalue weighted by Gasteiger charge is -2.16. The first-order valence-corrected chi connectivity index (χ1v) is 4.83. The molecule has 2 nitrogen and oxygen atoms in total. The Hall–Kier alpha value is -0.320. The summed E-state index contributed by atoms with van der Waals surface area (Å²) in [6.45, 7) is 1.07. The molecule has 0 bridgehead atoms. The molecule has 0 amide bonds. The second kappa shape index (κ2) is 2.97. The predicted molar refractivity (Wildman–Crippen MR) is 53.8 cm³/mol. The van der Waals surface area contributed by atoms with Crippen molar-refractivity contribution in [3.8, 4) is 0 Å². The zero-order valence-electron chi connectivity index (χ0n) is 6.10. The predicted octanol–water partition coefficient (Wildman–Crippen LogP) is 2.04. The minimum Gasteiger partial charge on any atom is -0.370 e. The van der Waals surface area contributed by atoms with Crippen LogP contribution in [-0.2, 0) is 6.42 Å². The molecule has 0 atom stereocenters. The number of aryl methyl sites for hydroxylation is 1. The molecule has 1 aromatic heterocycles. The fourth-order valence-corrected chi connectivity index (χ4v) is 1.73. The van der Waals surface area contributed by atoms with Gasteiger partial charge in [0.2, 0.25) is 0 Å². The van der Waals surface area contributed by atoms with E-state index in [0.717, 1.165) is 16.1 Å². The molecule has 1 aromatic rings. The number of nitrogens with one attached hydrogen (secondary N) is 1. The minimum absolute atomic E-state index is 1.07. The number of aromatic nitrogens is 1. The van der Waals surface area contributed by atoms with E-state index in [0.29, 0.717) is 0 Å². The van der Waals surface area contributed by atoms with Gasteiger partial charge in [0.05, 0.1) is 0 Å².